The van der Waals surface area contributed by atoms with Gasteiger partial charge in [0.05, 0.1) is 32.1 Å². The van der Waals surface area contributed by atoms with Gasteiger partial charge in [-0.2, -0.15) is 0 Å². The molecule has 40 heavy (non-hydrogen) atoms. The van der Waals surface area contributed by atoms with Crippen LogP contribution in [0.15, 0.2) is 58.6 Å². The van der Waals surface area contributed by atoms with E-state index in [-0.39, 0.29) is 30.3 Å². The van der Waals surface area contributed by atoms with Crippen molar-refractivity contribution in [2.24, 2.45) is 0 Å². The lowest BCUT2D eigenvalue weighted by atomic mass is 10.1. The highest BCUT2D eigenvalue weighted by Crippen LogP contribution is 2.20. The average molecular weight is 573 g/mol. The molecule has 3 heterocycles. The zero-order valence-corrected chi connectivity index (χ0v) is 23.3. The van der Waals surface area contributed by atoms with Crippen LogP contribution in [-0.2, 0) is 26.1 Å². The highest BCUT2D eigenvalue weighted by Gasteiger charge is 2.24. The van der Waals surface area contributed by atoms with Crippen LogP contribution < -0.4 is 21.5 Å². The molecule has 1 fully saturated rings. The van der Waals surface area contributed by atoms with Crippen molar-refractivity contribution in [3.8, 4) is 0 Å². The number of morpholine rings is 1. The van der Waals surface area contributed by atoms with Crippen LogP contribution in [0.25, 0.3) is 0 Å². The Morgan fingerprint density at radius 1 is 0.950 bits per heavy atom. The van der Waals surface area contributed by atoms with Crippen LogP contribution in [0.3, 0.4) is 0 Å². The summed E-state index contributed by atoms with van der Waals surface area (Å²) in [5.41, 5.74) is 0.875. The Bertz CT molecular complexity index is 1360. The van der Waals surface area contributed by atoms with Crippen LogP contribution in [0.5, 0.6) is 0 Å². The Hall–Kier alpha value is -3.23. The lowest BCUT2D eigenvalue weighted by molar-refractivity contribution is -0.101. The number of sulfonamides is 1. The molecule has 0 spiro atoms. The van der Waals surface area contributed by atoms with Gasteiger partial charge in [0.15, 0.2) is 0 Å². The highest BCUT2D eigenvalue weighted by atomic mass is 32.2. The Balaban J connectivity index is 1.19. The number of hydrogen-bond acceptors (Lipinski definition) is 11. The van der Waals surface area contributed by atoms with Gasteiger partial charge < -0.3 is 15.4 Å². The van der Waals surface area contributed by atoms with Crippen LogP contribution in [0.1, 0.15) is 31.2 Å². The molecule has 1 aliphatic heterocycles. The maximum absolute atomic E-state index is 13.1. The second-order valence-electron chi connectivity index (χ2n) is 9.54. The van der Waals surface area contributed by atoms with Gasteiger partial charge in [0, 0.05) is 56.7 Å². The summed E-state index contributed by atoms with van der Waals surface area (Å²) in [4.78, 5) is 39.9. The van der Waals surface area contributed by atoms with E-state index in [9.17, 15) is 18.0 Å². The molecule has 12 nitrogen and oxygen atoms in total. The molecule has 1 aliphatic rings. The first kappa shape index (κ1) is 29.7. The third-order valence-corrected chi connectivity index (χ3v) is 8.24. The van der Waals surface area contributed by atoms with E-state index in [0.717, 1.165) is 36.0 Å². The van der Waals surface area contributed by atoms with Crippen molar-refractivity contribution in [1.82, 2.24) is 19.3 Å². The summed E-state index contributed by atoms with van der Waals surface area (Å²) < 4.78 is 32.7. The van der Waals surface area contributed by atoms with E-state index in [1.54, 1.807) is 43.0 Å². The Morgan fingerprint density at radius 2 is 1.70 bits per heavy atom. The number of anilines is 3. The van der Waals surface area contributed by atoms with Gasteiger partial charge in [-0.3, -0.25) is 29.3 Å². The molecule has 216 valence electrons. The van der Waals surface area contributed by atoms with Crippen LogP contribution in [0, 0.1) is 0 Å². The van der Waals surface area contributed by atoms with Crippen LogP contribution in [0.2, 0.25) is 0 Å². The molecular weight excluding hydrogens is 536 g/mol. The fourth-order valence-electron chi connectivity index (χ4n) is 4.30. The minimum absolute atomic E-state index is 0.0314. The fourth-order valence-corrected chi connectivity index (χ4v) is 5.65. The summed E-state index contributed by atoms with van der Waals surface area (Å²) in [7, 11) is -3.65. The summed E-state index contributed by atoms with van der Waals surface area (Å²) in [6, 6.07) is 7.01. The van der Waals surface area contributed by atoms with Gasteiger partial charge in [-0.15, -0.1) is 0 Å². The summed E-state index contributed by atoms with van der Waals surface area (Å²) in [5.74, 6) is -0.0314. The lowest BCUT2D eigenvalue weighted by Gasteiger charge is -2.28. The van der Waals surface area contributed by atoms with Gasteiger partial charge in [0.25, 0.3) is 10.9 Å². The van der Waals surface area contributed by atoms with E-state index in [4.69, 9.17) is 9.57 Å². The molecule has 2 aromatic heterocycles. The van der Waals surface area contributed by atoms with Crippen LogP contribution in [-0.4, -0.2) is 79.5 Å². The molecule has 4 rings (SSSR count). The maximum Gasteiger partial charge on any atom is 0.253 e. The minimum Gasteiger partial charge on any atom is -0.380 e. The number of ether oxygens (including phenoxy) is 1. The predicted octanol–water partition coefficient (Wildman–Crippen LogP) is 1.88. The van der Waals surface area contributed by atoms with Gasteiger partial charge in [0.1, 0.15) is 11.4 Å². The second kappa shape index (κ2) is 15.0. The molecule has 0 unspecified atom stereocenters. The van der Waals surface area contributed by atoms with Crippen molar-refractivity contribution in [3.63, 3.8) is 0 Å². The number of hydrogen-bond donors (Lipinski definition) is 2. The SMILES string of the molecule is O=c1c(NCCCCCCS(=O)(=O)N(Cc2cccnc2)OCCN2CCOCC2)c(Nc2ccncc2)c1=O. The van der Waals surface area contributed by atoms with Gasteiger partial charge in [-0.25, -0.2) is 8.42 Å². The second-order valence-corrected chi connectivity index (χ2v) is 11.5. The van der Waals surface area contributed by atoms with Crippen molar-refractivity contribution < 1.29 is 18.0 Å². The molecule has 0 bridgehead atoms. The van der Waals surface area contributed by atoms with Gasteiger partial charge in [-0.05, 0) is 36.6 Å². The first-order valence-electron chi connectivity index (χ1n) is 13.5. The van der Waals surface area contributed by atoms with Crippen LogP contribution in [0.4, 0.5) is 17.1 Å². The first-order chi connectivity index (χ1) is 19.4. The minimum atomic E-state index is -3.65. The lowest BCUT2D eigenvalue weighted by Crippen LogP contribution is -2.40. The first-order valence-corrected chi connectivity index (χ1v) is 15.1. The molecule has 0 aliphatic carbocycles. The average Bonchev–Trinajstić information content (AvgIpc) is 2.98. The number of nitrogens with one attached hydrogen (secondary N) is 2. The number of pyridine rings is 2. The zero-order chi connectivity index (χ0) is 28.2. The van der Waals surface area contributed by atoms with Crippen molar-refractivity contribution in [2.75, 3.05) is 62.4 Å². The third-order valence-electron chi connectivity index (χ3n) is 6.58. The predicted molar refractivity (Wildman–Crippen MR) is 153 cm³/mol. The number of nitrogens with zero attached hydrogens (tertiary/aromatic N) is 4. The van der Waals surface area contributed by atoms with Gasteiger partial charge in [-0.1, -0.05) is 23.4 Å². The maximum atomic E-state index is 13.1. The summed E-state index contributed by atoms with van der Waals surface area (Å²) >= 11 is 0. The van der Waals surface area contributed by atoms with Crippen molar-refractivity contribution in [2.45, 2.75) is 32.2 Å². The van der Waals surface area contributed by atoms with Gasteiger partial charge >= 0.3 is 0 Å². The molecule has 1 aromatic carbocycles. The third kappa shape index (κ3) is 8.63. The quantitative estimate of drug-likeness (QED) is 0.139. The Kier molecular flexibility index (Phi) is 11.1. The van der Waals surface area contributed by atoms with E-state index < -0.39 is 20.9 Å². The number of rotatable bonds is 17. The molecule has 0 radical (unpaired) electrons. The summed E-state index contributed by atoms with van der Waals surface area (Å²) in [5, 5.41) is 6.00. The fraction of sp³-hybridized carbons (Fsp3) is 0.481. The van der Waals surface area contributed by atoms with Crippen LogP contribution >= 0.6 is 0 Å². The van der Waals surface area contributed by atoms with E-state index in [0.29, 0.717) is 44.8 Å². The van der Waals surface area contributed by atoms with E-state index in [1.165, 1.54) is 0 Å². The molecule has 1 saturated heterocycles. The summed E-state index contributed by atoms with van der Waals surface area (Å²) in [6.45, 7) is 4.43. The standard InChI is InChI=1S/C27H36N6O6S/c34-26-24(25(27(26)35)31-23-7-11-28-12-8-23)30-10-3-1-2-4-19-40(36,37)33(21-22-6-5-9-29-20-22)39-18-15-32-13-16-38-17-14-32/h5-9,11-12,20,30H,1-4,10,13-19,21H2,(H,28,31). The van der Waals surface area contributed by atoms with Crippen molar-refractivity contribution in [3.05, 3.63) is 75.1 Å². The largest absolute Gasteiger partial charge is 0.380 e. The normalized spacial score (nSPS) is 14.5. The Morgan fingerprint density at radius 3 is 2.45 bits per heavy atom. The molecule has 0 saturated carbocycles. The molecule has 0 atom stereocenters. The van der Waals surface area contributed by atoms with Crippen molar-refractivity contribution in [1.29, 1.82) is 0 Å². The molecule has 3 aromatic rings. The topological polar surface area (TPSA) is 143 Å². The number of hydroxylamine groups is 1. The number of aromatic nitrogens is 2. The smallest absolute Gasteiger partial charge is 0.253 e. The zero-order valence-electron chi connectivity index (χ0n) is 22.5. The van der Waals surface area contributed by atoms with E-state index in [2.05, 4.69) is 25.5 Å². The molecule has 0 amide bonds. The molecule has 2 N–H and O–H groups in total. The van der Waals surface area contributed by atoms with E-state index in [1.807, 2.05) is 6.07 Å². The molecular formula is C27H36N6O6S. The summed E-state index contributed by atoms with van der Waals surface area (Å²) in [6.07, 6.45) is 9.14. The number of unbranched alkanes of at least 4 members (excludes halogenated alkanes) is 3. The monoisotopic (exact) mass is 572 g/mol. The Labute approximate surface area is 234 Å². The van der Waals surface area contributed by atoms with Crippen molar-refractivity contribution >= 4 is 27.1 Å². The molecule has 13 heteroatoms. The van der Waals surface area contributed by atoms with Gasteiger partial charge in [0.2, 0.25) is 10.0 Å². The highest BCUT2D eigenvalue weighted by molar-refractivity contribution is 7.88. The van der Waals surface area contributed by atoms with E-state index >= 15 is 0 Å².